The van der Waals surface area contributed by atoms with Crippen molar-refractivity contribution < 1.29 is 27.6 Å². The van der Waals surface area contributed by atoms with Crippen molar-refractivity contribution in [3.8, 4) is 0 Å². The zero-order valence-corrected chi connectivity index (χ0v) is 16.6. The average molecular weight is 419 g/mol. The number of alkyl halides is 3. The van der Waals surface area contributed by atoms with E-state index in [9.17, 15) is 27.6 Å². The summed E-state index contributed by atoms with van der Waals surface area (Å²) < 4.78 is 40.2. The molecule has 0 saturated carbocycles. The van der Waals surface area contributed by atoms with E-state index in [4.69, 9.17) is 0 Å². The normalized spacial score (nSPS) is 19.1. The number of imide groups is 1. The molecule has 1 aliphatic rings. The van der Waals surface area contributed by atoms with Crippen LogP contribution in [0.4, 0.5) is 23.7 Å². The largest absolute Gasteiger partial charge is 0.416 e. The predicted molar refractivity (Wildman–Crippen MR) is 104 cm³/mol. The summed E-state index contributed by atoms with van der Waals surface area (Å²) in [5.74, 6) is -1.57. The van der Waals surface area contributed by atoms with Crippen LogP contribution in [0.1, 0.15) is 29.2 Å². The van der Waals surface area contributed by atoms with E-state index in [1.165, 1.54) is 19.1 Å². The first-order chi connectivity index (χ1) is 13.9. The highest BCUT2D eigenvalue weighted by atomic mass is 19.4. The Kier molecular flexibility index (Phi) is 5.32. The van der Waals surface area contributed by atoms with Crippen LogP contribution in [0.25, 0.3) is 0 Å². The van der Waals surface area contributed by atoms with Gasteiger partial charge < -0.3 is 10.6 Å². The van der Waals surface area contributed by atoms with Gasteiger partial charge in [-0.25, -0.2) is 4.79 Å². The molecule has 0 radical (unpaired) electrons. The third-order valence-corrected chi connectivity index (χ3v) is 5.23. The number of rotatable bonds is 4. The molecule has 30 heavy (non-hydrogen) atoms. The van der Waals surface area contributed by atoms with Crippen molar-refractivity contribution in [2.75, 3.05) is 11.9 Å². The molecule has 158 valence electrons. The van der Waals surface area contributed by atoms with E-state index in [0.717, 1.165) is 23.3 Å². The van der Waals surface area contributed by atoms with Gasteiger partial charge in [0, 0.05) is 5.69 Å². The van der Waals surface area contributed by atoms with Crippen LogP contribution in [0.3, 0.4) is 0 Å². The first-order valence-corrected chi connectivity index (χ1v) is 9.12. The number of amides is 4. The quantitative estimate of drug-likeness (QED) is 0.742. The van der Waals surface area contributed by atoms with Crippen molar-refractivity contribution in [1.29, 1.82) is 0 Å². The van der Waals surface area contributed by atoms with E-state index in [1.807, 2.05) is 19.9 Å². The van der Waals surface area contributed by atoms with Crippen molar-refractivity contribution >= 4 is 23.5 Å². The lowest BCUT2D eigenvalue weighted by molar-refractivity contribution is -0.140. The number of hydrogen-bond donors (Lipinski definition) is 2. The topological polar surface area (TPSA) is 78.5 Å². The molecule has 0 spiro atoms. The number of anilines is 1. The zero-order chi connectivity index (χ0) is 22.3. The van der Waals surface area contributed by atoms with Crippen LogP contribution in [-0.4, -0.2) is 29.3 Å². The Balaban J connectivity index is 1.85. The summed E-state index contributed by atoms with van der Waals surface area (Å²) in [5, 5.41) is 4.94. The van der Waals surface area contributed by atoms with Crippen molar-refractivity contribution in [1.82, 2.24) is 10.2 Å². The Morgan fingerprint density at radius 2 is 1.77 bits per heavy atom. The number of nitrogens with zero attached hydrogens (tertiary/aromatic N) is 1. The maximum Gasteiger partial charge on any atom is 0.416 e. The molecule has 3 rings (SSSR count). The fraction of sp³-hybridized carbons (Fsp3) is 0.286. The predicted octanol–water partition coefficient (Wildman–Crippen LogP) is 3.73. The number of aryl methyl sites for hydroxylation is 1. The van der Waals surface area contributed by atoms with Gasteiger partial charge in [-0.05, 0) is 49.6 Å². The van der Waals surface area contributed by atoms with E-state index in [1.54, 1.807) is 12.1 Å². The lowest BCUT2D eigenvalue weighted by atomic mass is 9.87. The minimum Gasteiger partial charge on any atom is -0.324 e. The van der Waals surface area contributed by atoms with Gasteiger partial charge in [0.05, 0.1) is 5.56 Å². The smallest absolute Gasteiger partial charge is 0.324 e. The molecule has 1 saturated heterocycles. The summed E-state index contributed by atoms with van der Waals surface area (Å²) >= 11 is 0. The van der Waals surface area contributed by atoms with Gasteiger partial charge in [-0.3, -0.25) is 14.5 Å². The summed E-state index contributed by atoms with van der Waals surface area (Å²) in [6, 6.07) is 8.89. The van der Waals surface area contributed by atoms with Crippen LogP contribution in [0.5, 0.6) is 0 Å². The van der Waals surface area contributed by atoms with Gasteiger partial charge in [0.2, 0.25) is 5.91 Å². The van der Waals surface area contributed by atoms with Crippen LogP contribution in [0.15, 0.2) is 42.5 Å². The number of nitrogens with one attached hydrogen (secondary N) is 2. The van der Waals surface area contributed by atoms with Crippen LogP contribution in [-0.2, 0) is 21.3 Å². The van der Waals surface area contributed by atoms with Gasteiger partial charge in [-0.15, -0.1) is 0 Å². The molecule has 0 unspecified atom stereocenters. The first kappa shape index (κ1) is 21.4. The zero-order valence-electron chi connectivity index (χ0n) is 16.6. The highest BCUT2D eigenvalue weighted by molar-refractivity contribution is 6.10. The lowest BCUT2D eigenvalue weighted by Crippen LogP contribution is -2.43. The van der Waals surface area contributed by atoms with E-state index in [-0.39, 0.29) is 5.56 Å². The molecular formula is C21H20F3N3O3. The maximum absolute atomic E-state index is 13.4. The highest BCUT2D eigenvalue weighted by Crippen LogP contribution is 2.39. The minimum atomic E-state index is -4.71. The Morgan fingerprint density at radius 1 is 1.10 bits per heavy atom. The Bertz CT molecular complexity index is 1040. The maximum atomic E-state index is 13.4. The van der Waals surface area contributed by atoms with Crippen molar-refractivity contribution in [3.63, 3.8) is 0 Å². The molecule has 1 aliphatic heterocycles. The second-order valence-corrected chi connectivity index (χ2v) is 7.29. The number of carbonyl (C=O) groups excluding carboxylic acids is 3. The van der Waals surface area contributed by atoms with E-state index >= 15 is 0 Å². The van der Waals surface area contributed by atoms with Gasteiger partial charge in [0.15, 0.2) is 0 Å². The summed E-state index contributed by atoms with van der Waals surface area (Å²) in [6.07, 6.45) is -4.71. The van der Waals surface area contributed by atoms with Crippen LogP contribution in [0.2, 0.25) is 0 Å². The molecule has 2 aromatic carbocycles. The third-order valence-electron chi connectivity index (χ3n) is 5.23. The van der Waals surface area contributed by atoms with Gasteiger partial charge >= 0.3 is 12.2 Å². The molecule has 1 atom stereocenters. The van der Waals surface area contributed by atoms with Gasteiger partial charge in [-0.2, -0.15) is 13.2 Å². The van der Waals surface area contributed by atoms with E-state index < -0.39 is 41.7 Å². The number of halogens is 3. The SMILES string of the molecule is Cc1cccc(NC(=O)CN2C(=O)N[C@@](C)(c3ccccc3C(F)(F)F)C2=O)c1C. The Labute approximate surface area is 171 Å². The summed E-state index contributed by atoms with van der Waals surface area (Å²) in [4.78, 5) is 38.3. The van der Waals surface area contributed by atoms with Crippen molar-refractivity contribution in [2.45, 2.75) is 32.5 Å². The summed E-state index contributed by atoms with van der Waals surface area (Å²) in [5.41, 5.74) is -1.05. The molecule has 6 nitrogen and oxygen atoms in total. The van der Waals surface area contributed by atoms with Crippen LogP contribution in [0, 0.1) is 13.8 Å². The molecule has 0 aromatic heterocycles. The molecule has 0 bridgehead atoms. The van der Waals surface area contributed by atoms with Crippen LogP contribution >= 0.6 is 0 Å². The fourth-order valence-corrected chi connectivity index (χ4v) is 3.41. The lowest BCUT2D eigenvalue weighted by Gasteiger charge is -2.25. The standard InChI is InChI=1S/C21H20F3N3O3/c1-12-7-6-10-16(13(12)2)25-17(28)11-27-18(29)20(3,26-19(27)30)14-8-4-5-9-15(14)21(22,23)24/h4-10H,11H2,1-3H3,(H,25,28)(H,26,30)/t20-/m0/s1. The molecule has 0 aliphatic carbocycles. The first-order valence-electron chi connectivity index (χ1n) is 9.12. The molecular weight excluding hydrogens is 399 g/mol. The van der Waals surface area contributed by atoms with Crippen molar-refractivity contribution in [3.05, 3.63) is 64.7 Å². The third kappa shape index (κ3) is 3.74. The molecule has 2 aromatic rings. The molecule has 1 fully saturated rings. The molecule has 9 heteroatoms. The van der Waals surface area contributed by atoms with E-state index in [2.05, 4.69) is 10.6 Å². The Hall–Kier alpha value is -3.36. The number of carbonyl (C=O) groups is 3. The summed E-state index contributed by atoms with van der Waals surface area (Å²) in [7, 11) is 0. The fourth-order valence-electron chi connectivity index (χ4n) is 3.41. The second-order valence-electron chi connectivity index (χ2n) is 7.29. The number of benzene rings is 2. The van der Waals surface area contributed by atoms with Gasteiger partial charge in [0.25, 0.3) is 5.91 Å². The molecule has 1 heterocycles. The minimum absolute atomic E-state index is 0.381. The van der Waals surface area contributed by atoms with Crippen molar-refractivity contribution in [2.24, 2.45) is 0 Å². The molecule has 2 N–H and O–H groups in total. The Morgan fingerprint density at radius 3 is 2.43 bits per heavy atom. The number of hydrogen-bond acceptors (Lipinski definition) is 3. The monoisotopic (exact) mass is 419 g/mol. The molecule has 4 amide bonds. The second kappa shape index (κ2) is 7.47. The summed E-state index contributed by atoms with van der Waals surface area (Å²) in [6.45, 7) is 4.25. The van der Waals surface area contributed by atoms with E-state index in [0.29, 0.717) is 10.6 Å². The number of urea groups is 1. The van der Waals surface area contributed by atoms with Crippen LogP contribution < -0.4 is 10.6 Å². The van der Waals surface area contributed by atoms with Gasteiger partial charge in [-0.1, -0.05) is 30.3 Å². The average Bonchev–Trinajstić information content (AvgIpc) is 2.89. The highest BCUT2D eigenvalue weighted by Gasteiger charge is 2.52. The van der Waals surface area contributed by atoms with Gasteiger partial charge in [0.1, 0.15) is 12.1 Å².